The lowest BCUT2D eigenvalue weighted by Crippen LogP contribution is -2.22. The molecule has 0 spiro atoms. The van der Waals surface area contributed by atoms with Gasteiger partial charge in [-0.15, -0.1) is 11.8 Å². The molecule has 0 saturated heterocycles. The van der Waals surface area contributed by atoms with E-state index >= 15 is 0 Å². The second-order valence-corrected chi connectivity index (χ2v) is 6.65. The molecule has 1 atom stereocenters. The van der Waals surface area contributed by atoms with Gasteiger partial charge in [-0.3, -0.25) is 4.79 Å². The van der Waals surface area contributed by atoms with Crippen LogP contribution in [0.3, 0.4) is 0 Å². The number of nitriles is 1. The Morgan fingerprint density at radius 1 is 1.18 bits per heavy atom. The van der Waals surface area contributed by atoms with E-state index in [1.807, 2.05) is 6.07 Å². The molecular formula is C16H12Cl2N2OS. The Bertz CT molecular complexity index is 706. The van der Waals surface area contributed by atoms with Gasteiger partial charge in [0.05, 0.1) is 26.9 Å². The van der Waals surface area contributed by atoms with Gasteiger partial charge in [0, 0.05) is 10.6 Å². The number of amides is 1. The van der Waals surface area contributed by atoms with Gasteiger partial charge in [-0.05, 0) is 43.3 Å². The molecule has 0 radical (unpaired) electrons. The molecule has 0 fully saturated rings. The molecule has 0 heterocycles. The fraction of sp³-hybridized carbons (Fsp3) is 0.125. The van der Waals surface area contributed by atoms with Gasteiger partial charge in [0.25, 0.3) is 0 Å². The number of anilines is 1. The molecule has 112 valence electrons. The summed E-state index contributed by atoms with van der Waals surface area (Å²) in [6.45, 7) is 1.78. The Balaban J connectivity index is 2.04. The number of nitrogens with one attached hydrogen (secondary N) is 1. The molecule has 1 N–H and O–H groups in total. The van der Waals surface area contributed by atoms with E-state index in [-0.39, 0.29) is 11.2 Å². The van der Waals surface area contributed by atoms with Crippen molar-refractivity contribution in [2.45, 2.75) is 17.1 Å². The van der Waals surface area contributed by atoms with Gasteiger partial charge >= 0.3 is 0 Å². The zero-order chi connectivity index (χ0) is 16.1. The predicted molar refractivity (Wildman–Crippen MR) is 91.6 cm³/mol. The molecule has 0 aromatic heterocycles. The van der Waals surface area contributed by atoms with Crippen molar-refractivity contribution in [2.75, 3.05) is 5.32 Å². The highest BCUT2D eigenvalue weighted by Gasteiger charge is 2.18. The molecule has 0 aliphatic heterocycles. The third-order valence-electron chi connectivity index (χ3n) is 2.86. The van der Waals surface area contributed by atoms with Crippen LogP contribution in [-0.4, -0.2) is 11.2 Å². The Kier molecular flexibility index (Phi) is 5.73. The summed E-state index contributed by atoms with van der Waals surface area (Å²) < 4.78 is 0. The van der Waals surface area contributed by atoms with Gasteiger partial charge in [-0.25, -0.2) is 0 Å². The molecule has 0 saturated carbocycles. The van der Waals surface area contributed by atoms with Crippen molar-refractivity contribution in [1.29, 1.82) is 5.26 Å². The van der Waals surface area contributed by atoms with Gasteiger partial charge in [-0.2, -0.15) is 5.26 Å². The van der Waals surface area contributed by atoms with Crippen LogP contribution in [0.4, 0.5) is 5.69 Å². The lowest BCUT2D eigenvalue weighted by Gasteiger charge is -2.14. The van der Waals surface area contributed by atoms with Crippen molar-refractivity contribution in [3.8, 4) is 6.07 Å². The zero-order valence-electron chi connectivity index (χ0n) is 11.6. The highest BCUT2D eigenvalue weighted by atomic mass is 35.5. The van der Waals surface area contributed by atoms with E-state index in [0.717, 1.165) is 0 Å². The van der Waals surface area contributed by atoms with Crippen LogP contribution in [0, 0.1) is 11.3 Å². The Labute approximate surface area is 143 Å². The van der Waals surface area contributed by atoms with E-state index in [2.05, 4.69) is 5.32 Å². The fourth-order valence-electron chi connectivity index (χ4n) is 1.70. The highest BCUT2D eigenvalue weighted by molar-refractivity contribution is 8.00. The standard InChI is InChI=1S/C16H12Cl2N2OS/c1-10(22-15-13(17)3-2-4-14(15)18)16(21)20-12-7-5-11(9-19)6-8-12/h2-8,10H,1H3,(H,20,21)/t10-/m1/s1. The SMILES string of the molecule is C[C@@H](Sc1c(Cl)cccc1Cl)C(=O)Nc1ccc(C#N)cc1. The molecule has 0 bridgehead atoms. The van der Waals surface area contributed by atoms with Gasteiger partial charge in [0.1, 0.15) is 0 Å². The molecule has 6 heteroatoms. The van der Waals surface area contributed by atoms with Crippen molar-refractivity contribution >= 4 is 46.6 Å². The number of halogens is 2. The van der Waals surface area contributed by atoms with Gasteiger partial charge in [0.15, 0.2) is 0 Å². The van der Waals surface area contributed by atoms with E-state index in [1.54, 1.807) is 49.4 Å². The third-order valence-corrected chi connectivity index (χ3v) is 4.96. The molecule has 2 aromatic carbocycles. The van der Waals surface area contributed by atoms with Crippen molar-refractivity contribution in [2.24, 2.45) is 0 Å². The first-order chi connectivity index (χ1) is 10.5. The number of benzene rings is 2. The monoisotopic (exact) mass is 350 g/mol. The highest BCUT2D eigenvalue weighted by Crippen LogP contribution is 2.36. The zero-order valence-corrected chi connectivity index (χ0v) is 14.0. The molecule has 3 nitrogen and oxygen atoms in total. The van der Waals surface area contributed by atoms with E-state index in [1.165, 1.54) is 11.8 Å². The number of hydrogen-bond acceptors (Lipinski definition) is 3. The van der Waals surface area contributed by atoms with Crippen molar-refractivity contribution in [3.63, 3.8) is 0 Å². The van der Waals surface area contributed by atoms with Gasteiger partial charge in [-0.1, -0.05) is 29.3 Å². The smallest absolute Gasteiger partial charge is 0.237 e. The first-order valence-electron chi connectivity index (χ1n) is 6.43. The molecular weight excluding hydrogens is 339 g/mol. The molecule has 0 unspecified atom stereocenters. The van der Waals surface area contributed by atoms with Crippen LogP contribution in [0.25, 0.3) is 0 Å². The van der Waals surface area contributed by atoms with E-state index in [0.29, 0.717) is 26.2 Å². The molecule has 2 rings (SSSR count). The number of rotatable bonds is 4. The largest absolute Gasteiger partial charge is 0.325 e. The third kappa shape index (κ3) is 4.17. The molecule has 22 heavy (non-hydrogen) atoms. The summed E-state index contributed by atoms with van der Waals surface area (Å²) in [7, 11) is 0. The summed E-state index contributed by atoms with van der Waals surface area (Å²) in [5.41, 5.74) is 1.19. The molecule has 1 amide bonds. The van der Waals surface area contributed by atoms with E-state index in [9.17, 15) is 4.79 Å². The molecule has 2 aromatic rings. The van der Waals surface area contributed by atoms with Crippen molar-refractivity contribution in [3.05, 3.63) is 58.1 Å². The van der Waals surface area contributed by atoms with E-state index < -0.39 is 0 Å². The lowest BCUT2D eigenvalue weighted by atomic mass is 10.2. The maximum Gasteiger partial charge on any atom is 0.237 e. The number of hydrogen-bond donors (Lipinski definition) is 1. The quantitative estimate of drug-likeness (QED) is 0.790. The van der Waals surface area contributed by atoms with Crippen molar-refractivity contribution in [1.82, 2.24) is 0 Å². The Morgan fingerprint density at radius 3 is 2.32 bits per heavy atom. The lowest BCUT2D eigenvalue weighted by molar-refractivity contribution is -0.115. The Hall–Kier alpha value is -1.67. The normalized spacial score (nSPS) is 11.5. The summed E-state index contributed by atoms with van der Waals surface area (Å²) in [6.07, 6.45) is 0. The van der Waals surface area contributed by atoms with Crippen LogP contribution < -0.4 is 5.32 Å². The second kappa shape index (κ2) is 7.55. The minimum Gasteiger partial charge on any atom is -0.325 e. The number of carbonyl (C=O) groups is 1. The summed E-state index contributed by atoms with van der Waals surface area (Å²) in [4.78, 5) is 12.9. The maximum atomic E-state index is 12.2. The number of carbonyl (C=O) groups excluding carboxylic acids is 1. The van der Waals surface area contributed by atoms with Crippen LogP contribution >= 0.6 is 35.0 Å². The number of nitrogens with zero attached hydrogens (tertiary/aromatic N) is 1. The van der Waals surface area contributed by atoms with Crippen LogP contribution in [-0.2, 0) is 4.79 Å². The predicted octanol–water partition coefficient (Wildman–Crippen LogP) is 4.98. The number of thioether (sulfide) groups is 1. The van der Waals surface area contributed by atoms with Crippen LogP contribution in [0.15, 0.2) is 47.4 Å². The summed E-state index contributed by atoms with van der Waals surface area (Å²) in [6, 6.07) is 13.9. The van der Waals surface area contributed by atoms with E-state index in [4.69, 9.17) is 28.5 Å². The fourth-order valence-corrected chi connectivity index (χ4v) is 3.24. The average molecular weight is 351 g/mol. The first-order valence-corrected chi connectivity index (χ1v) is 8.06. The molecule has 0 aliphatic rings. The van der Waals surface area contributed by atoms with Crippen LogP contribution in [0.2, 0.25) is 10.0 Å². The van der Waals surface area contributed by atoms with Crippen LogP contribution in [0.1, 0.15) is 12.5 Å². The minimum atomic E-state index is -0.368. The van der Waals surface area contributed by atoms with Gasteiger partial charge in [0.2, 0.25) is 5.91 Å². The van der Waals surface area contributed by atoms with Crippen molar-refractivity contribution < 1.29 is 4.79 Å². The summed E-state index contributed by atoms with van der Waals surface area (Å²) in [5, 5.41) is 12.2. The summed E-state index contributed by atoms with van der Waals surface area (Å²) in [5.74, 6) is -0.161. The van der Waals surface area contributed by atoms with Crippen LogP contribution in [0.5, 0.6) is 0 Å². The van der Waals surface area contributed by atoms with Gasteiger partial charge < -0.3 is 5.32 Å². The topological polar surface area (TPSA) is 52.9 Å². The first kappa shape index (κ1) is 16.7. The Morgan fingerprint density at radius 2 is 1.77 bits per heavy atom. The summed E-state index contributed by atoms with van der Waals surface area (Å²) >= 11 is 13.5. The second-order valence-electron chi connectivity index (χ2n) is 4.49. The minimum absolute atomic E-state index is 0.161. The maximum absolute atomic E-state index is 12.2. The average Bonchev–Trinajstić information content (AvgIpc) is 2.51. The molecule has 0 aliphatic carbocycles.